The van der Waals surface area contributed by atoms with Crippen molar-refractivity contribution in [1.29, 1.82) is 0 Å². The molecule has 0 aliphatic carbocycles. The second-order valence-electron chi connectivity index (χ2n) is 3.96. The molecule has 2 aromatic rings. The van der Waals surface area contributed by atoms with Gasteiger partial charge in [-0.3, -0.25) is 0 Å². The molecule has 1 atom stereocenters. The fraction of sp³-hybridized carbons (Fsp3) is 0.143. The number of benzene rings is 2. The molecule has 0 spiro atoms. The third-order valence-corrected chi connectivity index (χ3v) is 4.30. The van der Waals surface area contributed by atoms with E-state index in [1.165, 1.54) is 0 Å². The Bertz CT molecular complexity index is 602. The van der Waals surface area contributed by atoms with Crippen molar-refractivity contribution in [3.63, 3.8) is 0 Å². The Balaban J connectivity index is 2.43. The zero-order valence-corrected chi connectivity index (χ0v) is 14.0. The molecule has 0 aromatic heterocycles. The molecule has 19 heavy (non-hydrogen) atoms. The Kier molecular flexibility index (Phi) is 4.90. The van der Waals surface area contributed by atoms with E-state index in [4.69, 9.17) is 16.3 Å². The number of ether oxygens (including phenoxy) is 1. The average molecular weight is 407 g/mol. The maximum atomic E-state index is 10.5. The summed E-state index contributed by atoms with van der Waals surface area (Å²) in [5, 5.41) is 10.9. The molecule has 0 bridgehead atoms. The van der Waals surface area contributed by atoms with E-state index < -0.39 is 6.10 Å². The number of methoxy groups -OCH3 is 1. The fourth-order valence-corrected chi connectivity index (χ4v) is 2.86. The Morgan fingerprint density at radius 2 is 1.84 bits per heavy atom. The van der Waals surface area contributed by atoms with E-state index in [-0.39, 0.29) is 0 Å². The van der Waals surface area contributed by atoms with Gasteiger partial charge < -0.3 is 9.84 Å². The van der Waals surface area contributed by atoms with Gasteiger partial charge >= 0.3 is 0 Å². The van der Waals surface area contributed by atoms with E-state index in [0.717, 1.165) is 14.5 Å². The minimum atomic E-state index is -0.801. The zero-order valence-electron chi connectivity index (χ0n) is 10.0. The summed E-state index contributed by atoms with van der Waals surface area (Å²) >= 11 is 13.0. The van der Waals surface area contributed by atoms with Crippen molar-refractivity contribution in [1.82, 2.24) is 0 Å². The molecule has 0 aliphatic rings. The van der Waals surface area contributed by atoms with E-state index in [0.29, 0.717) is 16.3 Å². The standard InChI is InChI=1S/C14H11Br2ClO2/c1-19-9-3-4-10(13(17)7-9)14(18)11-6-8(15)2-5-12(11)16/h2-7,14,18H,1H3. The summed E-state index contributed by atoms with van der Waals surface area (Å²) in [4.78, 5) is 0. The molecular formula is C14H11Br2ClO2. The minimum Gasteiger partial charge on any atom is -0.497 e. The number of halogens is 3. The summed E-state index contributed by atoms with van der Waals surface area (Å²) in [5.41, 5.74) is 1.39. The van der Waals surface area contributed by atoms with Crippen molar-refractivity contribution in [3.05, 3.63) is 61.5 Å². The lowest BCUT2D eigenvalue weighted by molar-refractivity contribution is 0.219. The molecule has 1 unspecified atom stereocenters. The number of hydrogen-bond donors (Lipinski definition) is 1. The van der Waals surface area contributed by atoms with Crippen LogP contribution in [-0.2, 0) is 0 Å². The molecule has 5 heteroatoms. The maximum absolute atomic E-state index is 10.5. The minimum absolute atomic E-state index is 0.471. The van der Waals surface area contributed by atoms with Crippen LogP contribution in [0, 0.1) is 0 Å². The summed E-state index contributed by atoms with van der Waals surface area (Å²) in [6.45, 7) is 0. The summed E-state index contributed by atoms with van der Waals surface area (Å²) in [6.07, 6.45) is -0.801. The number of aliphatic hydroxyl groups excluding tert-OH is 1. The van der Waals surface area contributed by atoms with Crippen molar-refractivity contribution >= 4 is 43.5 Å². The molecule has 0 amide bonds. The molecule has 0 radical (unpaired) electrons. The smallest absolute Gasteiger partial charge is 0.120 e. The number of hydrogen-bond acceptors (Lipinski definition) is 2. The molecular weight excluding hydrogens is 395 g/mol. The lowest BCUT2D eigenvalue weighted by Crippen LogP contribution is -2.02. The van der Waals surface area contributed by atoms with Gasteiger partial charge in [-0.2, -0.15) is 0 Å². The highest BCUT2D eigenvalue weighted by atomic mass is 79.9. The van der Waals surface area contributed by atoms with Crippen LogP contribution in [0.3, 0.4) is 0 Å². The highest BCUT2D eigenvalue weighted by Gasteiger charge is 2.17. The van der Waals surface area contributed by atoms with E-state index in [1.54, 1.807) is 25.3 Å². The van der Waals surface area contributed by atoms with Gasteiger partial charge in [-0.25, -0.2) is 0 Å². The zero-order chi connectivity index (χ0) is 14.0. The topological polar surface area (TPSA) is 29.5 Å². The molecule has 100 valence electrons. The van der Waals surface area contributed by atoms with Crippen LogP contribution in [0.5, 0.6) is 5.75 Å². The first-order chi connectivity index (χ1) is 9.02. The molecule has 1 N–H and O–H groups in total. The molecule has 0 saturated heterocycles. The fourth-order valence-electron chi connectivity index (χ4n) is 1.75. The second-order valence-corrected chi connectivity index (χ2v) is 6.13. The van der Waals surface area contributed by atoms with Crippen LogP contribution in [0.1, 0.15) is 17.2 Å². The van der Waals surface area contributed by atoms with E-state index in [2.05, 4.69) is 31.9 Å². The van der Waals surface area contributed by atoms with Crippen LogP contribution in [0.25, 0.3) is 0 Å². The normalized spacial score (nSPS) is 12.3. The van der Waals surface area contributed by atoms with Gasteiger partial charge in [0, 0.05) is 20.1 Å². The summed E-state index contributed by atoms with van der Waals surface area (Å²) < 4.78 is 6.82. The molecule has 2 rings (SSSR count). The van der Waals surface area contributed by atoms with E-state index in [1.807, 2.05) is 18.2 Å². The molecule has 0 fully saturated rings. The first kappa shape index (κ1) is 14.9. The van der Waals surface area contributed by atoms with Gasteiger partial charge in [0.1, 0.15) is 11.9 Å². The van der Waals surface area contributed by atoms with Gasteiger partial charge in [0.25, 0.3) is 0 Å². The predicted molar refractivity (Wildman–Crippen MR) is 83.9 cm³/mol. The monoisotopic (exact) mass is 404 g/mol. The lowest BCUT2D eigenvalue weighted by Gasteiger charge is -2.16. The summed E-state index contributed by atoms with van der Waals surface area (Å²) in [5.74, 6) is 0.661. The van der Waals surface area contributed by atoms with Crippen LogP contribution in [0.2, 0.25) is 5.02 Å². The quantitative estimate of drug-likeness (QED) is 0.781. The van der Waals surface area contributed by atoms with Crippen molar-refractivity contribution in [2.75, 3.05) is 7.11 Å². The van der Waals surface area contributed by atoms with Gasteiger partial charge in [-0.05, 0) is 30.3 Å². The van der Waals surface area contributed by atoms with Crippen LogP contribution in [0.15, 0.2) is 45.3 Å². The van der Waals surface area contributed by atoms with Crippen molar-refractivity contribution in [2.45, 2.75) is 6.10 Å². The summed E-state index contributed by atoms with van der Waals surface area (Å²) in [7, 11) is 1.58. The first-order valence-corrected chi connectivity index (χ1v) is 7.45. The van der Waals surface area contributed by atoms with Gasteiger partial charge in [0.2, 0.25) is 0 Å². The third kappa shape index (κ3) is 3.31. The highest BCUT2D eigenvalue weighted by Crippen LogP contribution is 2.35. The van der Waals surface area contributed by atoms with Gasteiger partial charge in [-0.15, -0.1) is 0 Å². The Hall–Kier alpha value is -0.550. The largest absolute Gasteiger partial charge is 0.497 e. The maximum Gasteiger partial charge on any atom is 0.120 e. The van der Waals surface area contributed by atoms with Crippen LogP contribution < -0.4 is 4.74 Å². The number of rotatable bonds is 3. The van der Waals surface area contributed by atoms with Gasteiger partial charge in [0.15, 0.2) is 0 Å². The molecule has 2 aromatic carbocycles. The van der Waals surface area contributed by atoms with Crippen molar-refractivity contribution in [3.8, 4) is 5.75 Å². The van der Waals surface area contributed by atoms with Crippen molar-refractivity contribution < 1.29 is 9.84 Å². The lowest BCUT2D eigenvalue weighted by atomic mass is 10.0. The van der Waals surface area contributed by atoms with Crippen LogP contribution in [-0.4, -0.2) is 12.2 Å². The molecule has 0 aliphatic heterocycles. The number of aliphatic hydroxyl groups is 1. The van der Waals surface area contributed by atoms with Gasteiger partial charge in [-0.1, -0.05) is 49.5 Å². The average Bonchev–Trinajstić information content (AvgIpc) is 2.40. The molecule has 2 nitrogen and oxygen atoms in total. The Morgan fingerprint density at radius 1 is 1.11 bits per heavy atom. The van der Waals surface area contributed by atoms with E-state index >= 15 is 0 Å². The SMILES string of the molecule is COc1ccc(C(O)c2cc(Br)ccc2Br)c(Cl)c1. The summed E-state index contributed by atoms with van der Waals surface area (Å²) in [6, 6.07) is 10.9. The molecule has 0 heterocycles. The first-order valence-electron chi connectivity index (χ1n) is 5.49. The molecule has 0 saturated carbocycles. The van der Waals surface area contributed by atoms with Crippen LogP contribution >= 0.6 is 43.5 Å². The second kappa shape index (κ2) is 6.27. The third-order valence-electron chi connectivity index (χ3n) is 2.75. The van der Waals surface area contributed by atoms with Crippen LogP contribution in [0.4, 0.5) is 0 Å². The van der Waals surface area contributed by atoms with Gasteiger partial charge in [0.05, 0.1) is 12.1 Å². The van der Waals surface area contributed by atoms with E-state index in [9.17, 15) is 5.11 Å². The predicted octanol–water partition coefficient (Wildman–Crippen LogP) is 4.96. The highest BCUT2D eigenvalue weighted by molar-refractivity contribution is 9.11. The Morgan fingerprint density at radius 3 is 2.47 bits per heavy atom. The Labute approximate surface area is 133 Å². The van der Waals surface area contributed by atoms with Crippen molar-refractivity contribution in [2.24, 2.45) is 0 Å².